The Kier molecular flexibility index (Phi) is 5.14. The maximum Gasteiger partial charge on any atom is 0.315 e. The van der Waals surface area contributed by atoms with Crippen LogP contribution in [0.25, 0.3) is 0 Å². The van der Waals surface area contributed by atoms with Crippen LogP contribution in [0.15, 0.2) is 24.3 Å². The highest BCUT2D eigenvalue weighted by atomic mass is 19.1. The van der Waals surface area contributed by atoms with Crippen LogP contribution in [0.5, 0.6) is 0 Å². The molecule has 0 spiro atoms. The van der Waals surface area contributed by atoms with E-state index in [0.717, 1.165) is 18.4 Å². The molecule has 0 saturated heterocycles. The molecule has 114 valence electrons. The van der Waals surface area contributed by atoms with Crippen LogP contribution in [0.2, 0.25) is 0 Å². The fourth-order valence-electron chi connectivity index (χ4n) is 2.57. The zero-order valence-electron chi connectivity index (χ0n) is 11.6. The number of carbonyl (C=O) groups is 2. The van der Waals surface area contributed by atoms with E-state index in [9.17, 15) is 14.0 Å². The van der Waals surface area contributed by atoms with Gasteiger partial charge in [0.1, 0.15) is 5.82 Å². The van der Waals surface area contributed by atoms with Crippen molar-refractivity contribution in [2.45, 2.75) is 38.3 Å². The Balaban J connectivity index is 1.76. The standard InChI is InChI=1S/C15H19FN2O3/c16-12-6-4-10(5-7-12)9-17-15(21)18-13-3-1-2-11(8-13)14(19)20/h4-7,11,13H,1-3,8-9H2,(H,19,20)(H2,17,18,21). The molecule has 0 bridgehead atoms. The van der Waals surface area contributed by atoms with Gasteiger partial charge in [-0.25, -0.2) is 9.18 Å². The van der Waals surface area contributed by atoms with Crippen molar-refractivity contribution in [3.05, 3.63) is 35.6 Å². The lowest BCUT2D eigenvalue weighted by molar-refractivity contribution is -0.143. The van der Waals surface area contributed by atoms with Gasteiger partial charge < -0.3 is 15.7 Å². The van der Waals surface area contributed by atoms with Gasteiger partial charge in [-0.15, -0.1) is 0 Å². The van der Waals surface area contributed by atoms with E-state index in [2.05, 4.69) is 10.6 Å². The molecule has 2 unspecified atom stereocenters. The first kappa shape index (κ1) is 15.3. The second-order valence-electron chi connectivity index (χ2n) is 5.35. The number of carboxylic acids is 1. The van der Waals surface area contributed by atoms with Gasteiger partial charge in [0.05, 0.1) is 5.92 Å². The first-order valence-corrected chi connectivity index (χ1v) is 7.06. The molecule has 1 aromatic carbocycles. The van der Waals surface area contributed by atoms with Crippen LogP contribution >= 0.6 is 0 Å². The summed E-state index contributed by atoms with van der Waals surface area (Å²) in [5.41, 5.74) is 0.804. The zero-order valence-corrected chi connectivity index (χ0v) is 11.6. The lowest BCUT2D eigenvalue weighted by atomic mass is 9.86. The molecule has 1 aliphatic rings. The quantitative estimate of drug-likeness (QED) is 0.797. The molecule has 21 heavy (non-hydrogen) atoms. The van der Waals surface area contributed by atoms with Gasteiger partial charge >= 0.3 is 12.0 Å². The summed E-state index contributed by atoms with van der Waals surface area (Å²) in [6.07, 6.45) is 2.75. The molecule has 1 aromatic rings. The van der Waals surface area contributed by atoms with E-state index in [1.54, 1.807) is 12.1 Å². The first-order valence-electron chi connectivity index (χ1n) is 7.06. The molecule has 2 atom stereocenters. The Hall–Kier alpha value is -2.11. The Morgan fingerprint density at radius 3 is 2.62 bits per heavy atom. The molecular formula is C15H19FN2O3. The molecule has 2 rings (SSSR count). The first-order chi connectivity index (χ1) is 10.0. The van der Waals surface area contributed by atoms with Crippen molar-refractivity contribution in [1.82, 2.24) is 10.6 Å². The van der Waals surface area contributed by atoms with Crippen molar-refractivity contribution in [2.24, 2.45) is 5.92 Å². The number of carbonyl (C=O) groups excluding carboxylic acids is 1. The SMILES string of the molecule is O=C(NCc1ccc(F)cc1)NC1CCCC(C(=O)O)C1. The highest BCUT2D eigenvalue weighted by Crippen LogP contribution is 2.24. The summed E-state index contributed by atoms with van der Waals surface area (Å²) >= 11 is 0. The minimum atomic E-state index is -0.798. The van der Waals surface area contributed by atoms with Crippen molar-refractivity contribution in [1.29, 1.82) is 0 Å². The van der Waals surface area contributed by atoms with Crippen LogP contribution in [0.1, 0.15) is 31.2 Å². The number of nitrogens with one attached hydrogen (secondary N) is 2. The summed E-state index contributed by atoms with van der Waals surface area (Å²) in [5.74, 6) is -1.49. The third-order valence-electron chi connectivity index (χ3n) is 3.72. The molecule has 1 saturated carbocycles. The maximum atomic E-state index is 12.7. The van der Waals surface area contributed by atoms with Crippen molar-refractivity contribution in [3.63, 3.8) is 0 Å². The van der Waals surface area contributed by atoms with Crippen molar-refractivity contribution in [3.8, 4) is 0 Å². The predicted molar refractivity (Wildman–Crippen MR) is 75.2 cm³/mol. The number of halogens is 1. The number of benzene rings is 1. The molecule has 1 aliphatic carbocycles. The maximum absolute atomic E-state index is 12.7. The molecular weight excluding hydrogens is 275 g/mol. The third-order valence-corrected chi connectivity index (χ3v) is 3.72. The van der Waals surface area contributed by atoms with Gasteiger partial charge in [0.15, 0.2) is 0 Å². The summed E-state index contributed by atoms with van der Waals surface area (Å²) in [4.78, 5) is 22.7. The molecule has 2 amide bonds. The number of aliphatic carboxylic acids is 1. The van der Waals surface area contributed by atoms with Crippen molar-refractivity contribution < 1.29 is 19.1 Å². The van der Waals surface area contributed by atoms with Crippen LogP contribution < -0.4 is 10.6 Å². The Bertz CT molecular complexity index is 504. The van der Waals surface area contributed by atoms with Gasteiger partial charge in [0.25, 0.3) is 0 Å². The lowest BCUT2D eigenvalue weighted by Gasteiger charge is -2.27. The van der Waals surface area contributed by atoms with Crippen LogP contribution in [0, 0.1) is 11.7 Å². The summed E-state index contributed by atoms with van der Waals surface area (Å²) in [6.45, 7) is 0.307. The number of hydrogen-bond donors (Lipinski definition) is 3. The monoisotopic (exact) mass is 294 g/mol. The molecule has 6 heteroatoms. The summed E-state index contributed by atoms with van der Waals surface area (Å²) in [6, 6.07) is 5.47. The molecule has 0 heterocycles. The highest BCUT2D eigenvalue weighted by molar-refractivity contribution is 5.74. The Morgan fingerprint density at radius 1 is 1.24 bits per heavy atom. The van der Waals surface area contributed by atoms with Crippen molar-refractivity contribution >= 4 is 12.0 Å². The van der Waals surface area contributed by atoms with E-state index in [0.29, 0.717) is 19.4 Å². The van der Waals surface area contributed by atoms with E-state index in [1.807, 2.05) is 0 Å². The molecule has 0 aliphatic heterocycles. The minimum absolute atomic E-state index is 0.104. The zero-order chi connectivity index (χ0) is 15.2. The fourth-order valence-corrected chi connectivity index (χ4v) is 2.57. The Labute approximate surface area is 122 Å². The highest BCUT2D eigenvalue weighted by Gasteiger charge is 2.27. The second-order valence-corrected chi connectivity index (χ2v) is 5.35. The van der Waals surface area contributed by atoms with Crippen LogP contribution in [0.4, 0.5) is 9.18 Å². The molecule has 3 N–H and O–H groups in total. The Morgan fingerprint density at radius 2 is 1.95 bits per heavy atom. The van der Waals surface area contributed by atoms with Gasteiger partial charge in [-0.3, -0.25) is 4.79 Å². The second kappa shape index (κ2) is 7.06. The summed E-state index contributed by atoms with van der Waals surface area (Å²) in [5, 5.41) is 14.5. The fraction of sp³-hybridized carbons (Fsp3) is 0.467. The van der Waals surface area contributed by atoms with Crippen LogP contribution in [0.3, 0.4) is 0 Å². The van der Waals surface area contributed by atoms with Gasteiger partial charge in [0.2, 0.25) is 0 Å². The minimum Gasteiger partial charge on any atom is -0.481 e. The number of rotatable bonds is 4. The summed E-state index contributed by atoms with van der Waals surface area (Å²) < 4.78 is 12.7. The van der Waals surface area contributed by atoms with Crippen LogP contribution in [-0.2, 0) is 11.3 Å². The van der Waals surface area contributed by atoms with Gasteiger partial charge in [0, 0.05) is 12.6 Å². The van der Waals surface area contributed by atoms with E-state index in [1.165, 1.54) is 12.1 Å². The summed E-state index contributed by atoms with van der Waals surface area (Å²) in [7, 11) is 0. The predicted octanol–water partition coefficient (Wildman–Crippen LogP) is 2.27. The molecule has 0 radical (unpaired) electrons. The van der Waals surface area contributed by atoms with Gasteiger partial charge in [-0.05, 0) is 37.0 Å². The third kappa shape index (κ3) is 4.73. The van der Waals surface area contributed by atoms with Gasteiger partial charge in [-0.1, -0.05) is 18.6 Å². The van der Waals surface area contributed by atoms with Crippen LogP contribution in [-0.4, -0.2) is 23.1 Å². The van der Waals surface area contributed by atoms with Crippen molar-refractivity contribution in [2.75, 3.05) is 0 Å². The molecule has 5 nitrogen and oxygen atoms in total. The van der Waals surface area contributed by atoms with E-state index in [-0.39, 0.29) is 23.8 Å². The van der Waals surface area contributed by atoms with E-state index >= 15 is 0 Å². The lowest BCUT2D eigenvalue weighted by Crippen LogP contribution is -2.44. The van der Waals surface area contributed by atoms with E-state index in [4.69, 9.17) is 5.11 Å². The number of carboxylic acid groups (broad SMARTS) is 1. The number of amides is 2. The average molecular weight is 294 g/mol. The molecule has 1 fully saturated rings. The number of hydrogen-bond acceptors (Lipinski definition) is 2. The topological polar surface area (TPSA) is 78.4 Å². The normalized spacial score (nSPS) is 21.6. The van der Waals surface area contributed by atoms with Gasteiger partial charge in [-0.2, -0.15) is 0 Å². The molecule has 0 aromatic heterocycles. The van der Waals surface area contributed by atoms with E-state index < -0.39 is 5.97 Å². The average Bonchev–Trinajstić information content (AvgIpc) is 2.47. The number of urea groups is 1. The largest absolute Gasteiger partial charge is 0.481 e. The smallest absolute Gasteiger partial charge is 0.315 e.